The lowest BCUT2D eigenvalue weighted by Crippen LogP contribution is -2.26. The summed E-state index contributed by atoms with van der Waals surface area (Å²) < 4.78 is 4.97. The molecule has 0 unspecified atom stereocenters. The van der Waals surface area contributed by atoms with Gasteiger partial charge in [-0.15, -0.1) is 11.3 Å². The van der Waals surface area contributed by atoms with Gasteiger partial charge in [0, 0.05) is 10.6 Å². The largest absolute Gasteiger partial charge is 0.510 e. The van der Waals surface area contributed by atoms with Crippen molar-refractivity contribution in [2.45, 2.75) is 20.8 Å². The van der Waals surface area contributed by atoms with Crippen LogP contribution in [-0.2, 0) is 4.74 Å². The molecule has 2 heterocycles. The maximum atomic E-state index is 11.7. The molecule has 7 heteroatoms. The van der Waals surface area contributed by atoms with Crippen LogP contribution in [0.25, 0.3) is 5.57 Å². The van der Waals surface area contributed by atoms with Crippen molar-refractivity contribution in [1.82, 2.24) is 4.98 Å². The normalized spacial score (nSPS) is 14.4. The predicted octanol–water partition coefficient (Wildman–Crippen LogP) is 3.70. The van der Waals surface area contributed by atoms with Crippen molar-refractivity contribution in [3.05, 3.63) is 51.2 Å². The molecule has 0 aliphatic carbocycles. The summed E-state index contributed by atoms with van der Waals surface area (Å²) in [6.45, 7) is 6.18. The van der Waals surface area contributed by atoms with Crippen molar-refractivity contribution in [2.75, 3.05) is 18.1 Å². The van der Waals surface area contributed by atoms with Crippen molar-refractivity contribution in [3.8, 4) is 0 Å². The van der Waals surface area contributed by atoms with Gasteiger partial charge in [0.15, 0.2) is 0 Å². The van der Waals surface area contributed by atoms with Gasteiger partial charge in [-0.05, 0) is 45.0 Å². The molecule has 2 aromatic rings. The van der Waals surface area contributed by atoms with Crippen LogP contribution in [0.4, 0.5) is 5.69 Å². The lowest BCUT2D eigenvalue weighted by Gasteiger charge is -2.18. The third-order valence-corrected chi connectivity index (χ3v) is 5.13. The number of nitrogens with one attached hydrogen (secondary N) is 1. The highest BCUT2D eigenvalue weighted by Crippen LogP contribution is 2.33. The zero-order valence-corrected chi connectivity index (χ0v) is 15.1. The van der Waals surface area contributed by atoms with E-state index in [-0.39, 0.29) is 24.1 Å². The molecule has 1 aromatic carbocycles. The Morgan fingerprint density at radius 2 is 2.04 bits per heavy atom. The van der Waals surface area contributed by atoms with E-state index < -0.39 is 0 Å². The first kappa shape index (κ1) is 17.2. The molecule has 0 atom stereocenters. The predicted molar refractivity (Wildman–Crippen MR) is 98.6 cm³/mol. The van der Waals surface area contributed by atoms with Gasteiger partial charge in [-0.3, -0.25) is 5.41 Å². The van der Waals surface area contributed by atoms with E-state index in [4.69, 9.17) is 10.1 Å². The molecule has 0 fully saturated rings. The Morgan fingerprint density at radius 1 is 1.36 bits per heavy atom. The lowest BCUT2D eigenvalue weighted by atomic mass is 10.2. The summed E-state index contributed by atoms with van der Waals surface area (Å²) in [4.78, 5) is 18.9. The molecule has 0 spiro atoms. The third kappa shape index (κ3) is 3.15. The summed E-state index contributed by atoms with van der Waals surface area (Å²) in [6.07, 6.45) is 0. The van der Waals surface area contributed by atoms with E-state index in [1.807, 2.05) is 13.8 Å². The van der Waals surface area contributed by atoms with E-state index in [1.165, 1.54) is 11.3 Å². The molecule has 6 nitrogen and oxygen atoms in total. The number of benzene rings is 1. The van der Waals surface area contributed by atoms with Crippen LogP contribution in [0.5, 0.6) is 0 Å². The van der Waals surface area contributed by atoms with E-state index in [0.29, 0.717) is 22.8 Å². The molecule has 0 amide bonds. The van der Waals surface area contributed by atoms with Crippen molar-refractivity contribution in [1.29, 1.82) is 5.41 Å². The Balaban J connectivity index is 1.84. The number of esters is 1. The fourth-order valence-electron chi connectivity index (χ4n) is 2.60. The quantitative estimate of drug-likeness (QED) is 0.815. The number of hydrogen-bond acceptors (Lipinski definition) is 6. The second-order valence-electron chi connectivity index (χ2n) is 5.68. The number of aliphatic hydroxyl groups is 1. The molecule has 25 heavy (non-hydrogen) atoms. The molecule has 0 radical (unpaired) electrons. The zero-order chi connectivity index (χ0) is 18.1. The molecular weight excluding hydrogens is 338 g/mol. The minimum Gasteiger partial charge on any atom is -0.510 e. The second-order valence-corrected chi connectivity index (χ2v) is 6.89. The van der Waals surface area contributed by atoms with Crippen LogP contribution in [0.15, 0.2) is 30.0 Å². The van der Waals surface area contributed by atoms with Gasteiger partial charge in [-0.2, -0.15) is 0 Å². The van der Waals surface area contributed by atoms with E-state index in [2.05, 4.69) is 4.98 Å². The van der Waals surface area contributed by atoms with Gasteiger partial charge in [0.1, 0.15) is 16.6 Å². The number of hydrogen-bond donors (Lipinski definition) is 2. The van der Waals surface area contributed by atoms with Crippen LogP contribution >= 0.6 is 11.3 Å². The maximum absolute atomic E-state index is 11.7. The van der Waals surface area contributed by atoms with Crippen LogP contribution in [0.1, 0.15) is 32.9 Å². The molecule has 2 N–H and O–H groups in total. The SMILES string of the molecule is CCOC(=O)c1ccc(N2CC(O)=C(c3nc(C)c(C)s3)C2=N)cc1. The van der Waals surface area contributed by atoms with Crippen molar-refractivity contribution < 1.29 is 14.6 Å². The minimum absolute atomic E-state index is 0.133. The van der Waals surface area contributed by atoms with E-state index in [0.717, 1.165) is 16.3 Å². The smallest absolute Gasteiger partial charge is 0.338 e. The van der Waals surface area contributed by atoms with E-state index in [9.17, 15) is 9.90 Å². The van der Waals surface area contributed by atoms with Crippen LogP contribution in [-0.4, -0.2) is 35.0 Å². The number of aryl methyl sites for hydroxylation is 2. The second kappa shape index (κ2) is 6.68. The Hall–Kier alpha value is -2.67. The molecule has 0 saturated heterocycles. The number of nitrogens with zero attached hydrogens (tertiary/aromatic N) is 2. The van der Waals surface area contributed by atoms with Gasteiger partial charge in [0.05, 0.1) is 30.0 Å². The number of aromatic nitrogens is 1. The standard InChI is InChI=1S/C18H19N3O3S/c1-4-24-18(23)12-5-7-13(8-6-12)21-9-14(22)15(16(21)19)17-20-10(2)11(3)25-17/h5-8,19,22H,4,9H2,1-3H3. The molecule has 3 rings (SSSR count). The summed E-state index contributed by atoms with van der Waals surface area (Å²) in [6, 6.07) is 6.81. The minimum atomic E-state index is -0.374. The van der Waals surface area contributed by atoms with E-state index >= 15 is 0 Å². The van der Waals surface area contributed by atoms with Crippen molar-refractivity contribution in [2.24, 2.45) is 0 Å². The highest BCUT2D eigenvalue weighted by Gasteiger charge is 2.31. The van der Waals surface area contributed by atoms with Gasteiger partial charge in [-0.25, -0.2) is 9.78 Å². The fraction of sp³-hybridized carbons (Fsp3) is 0.278. The first-order chi connectivity index (χ1) is 11.9. The third-order valence-electron chi connectivity index (χ3n) is 4.04. The van der Waals surface area contributed by atoms with Gasteiger partial charge in [0.25, 0.3) is 0 Å². The highest BCUT2D eigenvalue weighted by atomic mass is 32.1. The number of anilines is 1. The summed E-state index contributed by atoms with van der Waals surface area (Å²) in [5, 5.41) is 19.4. The Morgan fingerprint density at radius 3 is 2.60 bits per heavy atom. The summed E-state index contributed by atoms with van der Waals surface area (Å²) in [5.74, 6) is -0.0377. The Bertz CT molecular complexity index is 849. The van der Waals surface area contributed by atoms with Crippen LogP contribution in [0.2, 0.25) is 0 Å². The number of aliphatic hydroxyl groups excluding tert-OH is 1. The molecule has 0 saturated carbocycles. The molecule has 130 valence electrons. The van der Waals surface area contributed by atoms with Crippen molar-refractivity contribution in [3.63, 3.8) is 0 Å². The number of carbonyl (C=O) groups is 1. The van der Waals surface area contributed by atoms with Gasteiger partial charge < -0.3 is 14.7 Å². The molecular formula is C18H19N3O3S. The van der Waals surface area contributed by atoms with Crippen LogP contribution < -0.4 is 4.90 Å². The summed E-state index contributed by atoms with van der Waals surface area (Å²) in [7, 11) is 0. The molecule has 0 bridgehead atoms. The highest BCUT2D eigenvalue weighted by molar-refractivity contribution is 7.13. The number of thiazole rings is 1. The average molecular weight is 357 g/mol. The Kier molecular flexibility index (Phi) is 4.59. The molecule has 1 aliphatic rings. The maximum Gasteiger partial charge on any atom is 0.338 e. The number of carbonyl (C=O) groups excluding carboxylic acids is 1. The van der Waals surface area contributed by atoms with Crippen LogP contribution in [0, 0.1) is 19.3 Å². The monoisotopic (exact) mass is 357 g/mol. The van der Waals surface area contributed by atoms with Crippen molar-refractivity contribution >= 4 is 34.4 Å². The Labute approximate surface area is 149 Å². The fourth-order valence-corrected chi connectivity index (χ4v) is 3.58. The summed E-state index contributed by atoms with van der Waals surface area (Å²) >= 11 is 1.47. The number of amidine groups is 1. The van der Waals surface area contributed by atoms with Crippen LogP contribution in [0.3, 0.4) is 0 Å². The first-order valence-electron chi connectivity index (χ1n) is 7.92. The van der Waals surface area contributed by atoms with Gasteiger partial charge >= 0.3 is 5.97 Å². The first-order valence-corrected chi connectivity index (χ1v) is 8.74. The zero-order valence-electron chi connectivity index (χ0n) is 14.3. The van der Waals surface area contributed by atoms with Gasteiger partial charge in [-0.1, -0.05) is 0 Å². The van der Waals surface area contributed by atoms with Gasteiger partial charge in [0.2, 0.25) is 0 Å². The lowest BCUT2D eigenvalue weighted by molar-refractivity contribution is 0.0526. The molecule has 1 aromatic heterocycles. The average Bonchev–Trinajstić information content (AvgIpc) is 3.06. The topological polar surface area (TPSA) is 86.5 Å². The molecule has 1 aliphatic heterocycles. The number of rotatable bonds is 4. The number of ether oxygens (including phenoxy) is 1. The summed E-state index contributed by atoms with van der Waals surface area (Å²) in [5.41, 5.74) is 2.56. The van der Waals surface area contributed by atoms with E-state index in [1.54, 1.807) is 36.1 Å².